The highest BCUT2D eigenvalue weighted by atomic mass is 16.4. The molecule has 9 heteroatoms. The van der Waals surface area contributed by atoms with Gasteiger partial charge in [0.1, 0.15) is 29.8 Å². The van der Waals surface area contributed by atoms with E-state index in [-0.39, 0.29) is 17.5 Å². The van der Waals surface area contributed by atoms with Crippen molar-refractivity contribution in [3.8, 4) is 0 Å². The van der Waals surface area contributed by atoms with Gasteiger partial charge in [0.15, 0.2) is 5.58 Å². The molecular formula is C22H23N8O+. The van der Waals surface area contributed by atoms with Gasteiger partial charge in [-0.25, -0.2) is 4.98 Å². The Bertz CT molecular complexity index is 1300. The Kier molecular flexibility index (Phi) is 4.81. The average molecular weight is 415 g/mol. The van der Waals surface area contributed by atoms with Crippen molar-refractivity contribution in [2.24, 2.45) is 0 Å². The highest BCUT2D eigenvalue weighted by Crippen LogP contribution is 2.23. The first-order chi connectivity index (χ1) is 15.1. The zero-order valence-electron chi connectivity index (χ0n) is 16.9. The Hall–Kier alpha value is -3.82. The van der Waals surface area contributed by atoms with Crippen LogP contribution in [-0.4, -0.2) is 27.2 Å². The molecule has 2 aromatic carbocycles. The summed E-state index contributed by atoms with van der Waals surface area (Å²) in [5.74, 6) is 0.902. The standard InChI is InChI=1S/C22H22N8O/c23-19(14-3-4-17-16(8-14)30-22(25)31-17)18-20(24)28-11-29-21(18)27-9-12-1-2-15-10-26-6-5-13(15)7-12/h1-4,7-8,11,23,26H,5-6,9-10H2,(H2,25,30)(H3,24,27,28,29)/p+1. The number of rotatable bonds is 5. The molecule has 2 aromatic heterocycles. The van der Waals surface area contributed by atoms with E-state index in [1.165, 1.54) is 23.0 Å². The molecule has 5 rings (SSSR count). The van der Waals surface area contributed by atoms with Gasteiger partial charge in [-0.3, -0.25) is 10.7 Å². The molecule has 0 atom stereocenters. The number of nitrogens with two attached hydrogens (primary N) is 3. The van der Waals surface area contributed by atoms with E-state index in [4.69, 9.17) is 21.3 Å². The van der Waals surface area contributed by atoms with Gasteiger partial charge in [-0.2, -0.15) is 9.97 Å². The zero-order valence-corrected chi connectivity index (χ0v) is 16.9. The topological polar surface area (TPSA) is 156 Å². The lowest BCUT2D eigenvalue weighted by atomic mass is 9.98. The van der Waals surface area contributed by atoms with E-state index in [1.807, 2.05) is 5.32 Å². The predicted molar refractivity (Wildman–Crippen MR) is 118 cm³/mol. The molecule has 0 amide bonds. The van der Waals surface area contributed by atoms with E-state index >= 15 is 0 Å². The van der Waals surface area contributed by atoms with E-state index in [0.717, 1.165) is 19.5 Å². The molecule has 3 heterocycles. The lowest BCUT2D eigenvalue weighted by Crippen LogP contribution is -2.77. The fourth-order valence-corrected chi connectivity index (χ4v) is 3.94. The van der Waals surface area contributed by atoms with Gasteiger partial charge in [0.05, 0.1) is 5.71 Å². The van der Waals surface area contributed by atoms with Crippen LogP contribution in [0.25, 0.3) is 11.1 Å². The highest BCUT2D eigenvalue weighted by molar-refractivity contribution is 6.16. The molecular weight excluding hydrogens is 392 g/mol. The molecule has 8 N–H and O–H groups in total. The monoisotopic (exact) mass is 415 g/mol. The first kappa shape index (κ1) is 19.2. The second-order valence-electron chi connectivity index (χ2n) is 7.57. The van der Waals surface area contributed by atoms with Crippen LogP contribution in [0.15, 0.2) is 47.1 Å². The maximum Gasteiger partial charge on any atom is 0.292 e. The summed E-state index contributed by atoms with van der Waals surface area (Å²) in [6.07, 6.45) is 2.46. The van der Waals surface area contributed by atoms with Crippen LogP contribution < -0.4 is 22.1 Å². The molecule has 0 radical (unpaired) electrons. The van der Waals surface area contributed by atoms with E-state index in [1.54, 1.807) is 18.2 Å². The SMILES string of the molecule is N=C(c1ccc2oc(N)nc2c1)c1c(N)ncnc1[NH2+]Cc1ccc2c(c1)CCNC2. The van der Waals surface area contributed by atoms with Crippen molar-refractivity contribution >= 4 is 34.5 Å². The smallest absolute Gasteiger partial charge is 0.292 e. The summed E-state index contributed by atoms with van der Waals surface area (Å²) in [5.41, 5.74) is 18.3. The highest BCUT2D eigenvalue weighted by Gasteiger charge is 2.20. The summed E-state index contributed by atoms with van der Waals surface area (Å²) in [7, 11) is 0. The normalized spacial score (nSPS) is 13.3. The van der Waals surface area contributed by atoms with Crippen molar-refractivity contribution in [3.05, 3.63) is 70.5 Å². The van der Waals surface area contributed by atoms with Crippen LogP contribution in [0, 0.1) is 5.41 Å². The van der Waals surface area contributed by atoms with Gasteiger partial charge in [0.2, 0.25) is 5.82 Å². The van der Waals surface area contributed by atoms with Crippen molar-refractivity contribution in [2.45, 2.75) is 19.5 Å². The number of nitrogen functional groups attached to an aromatic ring is 2. The van der Waals surface area contributed by atoms with Crippen molar-refractivity contribution in [3.63, 3.8) is 0 Å². The number of quaternary nitrogens is 1. The van der Waals surface area contributed by atoms with Crippen LogP contribution in [0.1, 0.15) is 27.8 Å². The summed E-state index contributed by atoms with van der Waals surface area (Å²) in [6, 6.07) is 11.9. The van der Waals surface area contributed by atoms with Gasteiger partial charge in [0.25, 0.3) is 6.01 Å². The average Bonchev–Trinajstić information content (AvgIpc) is 3.16. The first-order valence-corrected chi connectivity index (χ1v) is 10.1. The van der Waals surface area contributed by atoms with Gasteiger partial charge in [0, 0.05) is 17.7 Å². The number of hydrogen-bond donors (Lipinski definition) is 5. The minimum absolute atomic E-state index is 0.0936. The molecule has 4 aromatic rings. The van der Waals surface area contributed by atoms with Crippen LogP contribution in [0.3, 0.4) is 0 Å². The van der Waals surface area contributed by atoms with Crippen molar-refractivity contribution in [2.75, 3.05) is 18.0 Å². The molecule has 0 fully saturated rings. The molecule has 0 saturated carbocycles. The number of benzene rings is 2. The summed E-state index contributed by atoms with van der Waals surface area (Å²) >= 11 is 0. The first-order valence-electron chi connectivity index (χ1n) is 10.1. The van der Waals surface area contributed by atoms with Crippen LogP contribution in [0.2, 0.25) is 0 Å². The number of hydrogen-bond acceptors (Lipinski definition) is 8. The number of nitrogens with zero attached hydrogens (tertiary/aromatic N) is 3. The van der Waals surface area contributed by atoms with Crippen LogP contribution in [0.5, 0.6) is 0 Å². The Labute approximate surface area is 178 Å². The van der Waals surface area contributed by atoms with E-state index < -0.39 is 0 Å². The Morgan fingerprint density at radius 1 is 1.13 bits per heavy atom. The predicted octanol–water partition coefficient (Wildman–Crippen LogP) is 1.24. The fourth-order valence-electron chi connectivity index (χ4n) is 3.94. The molecule has 0 bridgehead atoms. The van der Waals surface area contributed by atoms with E-state index in [9.17, 15) is 0 Å². The van der Waals surface area contributed by atoms with Crippen LogP contribution in [-0.2, 0) is 19.5 Å². The van der Waals surface area contributed by atoms with E-state index in [0.29, 0.717) is 34.6 Å². The molecule has 0 spiro atoms. The summed E-state index contributed by atoms with van der Waals surface area (Å²) < 4.78 is 5.32. The third-order valence-electron chi connectivity index (χ3n) is 5.54. The Balaban J connectivity index is 1.42. The molecule has 0 saturated heterocycles. The van der Waals surface area contributed by atoms with Crippen molar-refractivity contribution < 1.29 is 9.73 Å². The van der Waals surface area contributed by atoms with Gasteiger partial charge >= 0.3 is 0 Å². The largest absolute Gasteiger partial charge is 0.424 e. The lowest BCUT2D eigenvalue weighted by molar-refractivity contribution is -0.592. The van der Waals surface area contributed by atoms with Crippen molar-refractivity contribution in [1.82, 2.24) is 20.3 Å². The summed E-state index contributed by atoms with van der Waals surface area (Å²) in [6.45, 7) is 2.62. The second kappa shape index (κ2) is 7.78. The van der Waals surface area contributed by atoms with Gasteiger partial charge < -0.3 is 21.2 Å². The molecule has 31 heavy (non-hydrogen) atoms. The quantitative estimate of drug-likeness (QED) is 0.307. The maximum absolute atomic E-state index is 8.77. The number of fused-ring (bicyclic) bond motifs is 2. The number of aromatic nitrogens is 3. The second-order valence-corrected chi connectivity index (χ2v) is 7.57. The minimum atomic E-state index is 0.0936. The van der Waals surface area contributed by atoms with Crippen LogP contribution in [0.4, 0.5) is 17.7 Å². The van der Waals surface area contributed by atoms with E-state index in [2.05, 4.69) is 38.5 Å². The van der Waals surface area contributed by atoms with Crippen molar-refractivity contribution in [1.29, 1.82) is 5.41 Å². The Morgan fingerprint density at radius 3 is 2.94 bits per heavy atom. The summed E-state index contributed by atoms with van der Waals surface area (Å²) in [4.78, 5) is 12.7. The van der Waals surface area contributed by atoms with Crippen LogP contribution >= 0.6 is 0 Å². The van der Waals surface area contributed by atoms with Gasteiger partial charge in [-0.05, 0) is 48.4 Å². The van der Waals surface area contributed by atoms with Gasteiger partial charge in [-0.15, -0.1) is 0 Å². The Morgan fingerprint density at radius 2 is 2.03 bits per heavy atom. The number of anilines is 2. The third-order valence-corrected chi connectivity index (χ3v) is 5.54. The molecule has 0 unspecified atom stereocenters. The molecule has 9 nitrogen and oxygen atoms in total. The minimum Gasteiger partial charge on any atom is -0.424 e. The maximum atomic E-state index is 8.77. The third kappa shape index (κ3) is 3.72. The number of oxazole rings is 1. The lowest BCUT2D eigenvalue weighted by Gasteiger charge is -2.17. The fraction of sp³-hybridized carbons (Fsp3) is 0.182. The molecule has 156 valence electrons. The van der Waals surface area contributed by atoms with Gasteiger partial charge in [-0.1, -0.05) is 12.1 Å². The zero-order chi connectivity index (χ0) is 21.4. The molecule has 1 aliphatic heterocycles. The molecule has 1 aliphatic rings. The molecule has 0 aliphatic carbocycles. The summed E-state index contributed by atoms with van der Waals surface area (Å²) in [5, 5.41) is 14.2. The number of nitrogens with one attached hydrogen (secondary N) is 2.